The molecule has 1 heterocycles. The first-order chi connectivity index (χ1) is 14.4. The van der Waals surface area contributed by atoms with Crippen LogP contribution in [0.2, 0.25) is 0 Å². The van der Waals surface area contributed by atoms with Crippen molar-refractivity contribution in [1.82, 2.24) is 9.88 Å². The maximum Gasteiger partial charge on any atom is 0.307 e. The second-order valence-corrected chi connectivity index (χ2v) is 6.76. The zero-order valence-electron chi connectivity index (χ0n) is 17.8. The number of amides is 1. The number of hydrogen-bond donors (Lipinski definition) is 1. The molecule has 0 saturated heterocycles. The lowest BCUT2D eigenvalue weighted by atomic mass is 10.1. The van der Waals surface area contributed by atoms with Gasteiger partial charge in [0.05, 0.1) is 20.1 Å². The Kier molecular flexibility index (Phi) is 8.24. The fraction of sp³-hybridized carbons (Fsp3) is 0.348. The van der Waals surface area contributed by atoms with Crippen molar-refractivity contribution in [2.75, 3.05) is 20.3 Å². The smallest absolute Gasteiger partial charge is 0.307 e. The van der Waals surface area contributed by atoms with Crippen LogP contribution in [0.25, 0.3) is 11.8 Å². The zero-order chi connectivity index (χ0) is 22.1. The largest absolute Gasteiger partial charge is 0.497 e. The zero-order valence-corrected chi connectivity index (χ0v) is 17.8. The predicted octanol–water partition coefficient (Wildman–Crippen LogP) is 3.47. The fourth-order valence-electron chi connectivity index (χ4n) is 3.03. The maximum atomic E-state index is 12.3. The van der Waals surface area contributed by atoms with Crippen LogP contribution in [-0.4, -0.2) is 36.7 Å². The van der Waals surface area contributed by atoms with Gasteiger partial charge in [-0.3, -0.25) is 9.59 Å². The van der Waals surface area contributed by atoms with Gasteiger partial charge < -0.3 is 19.4 Å². The summed E-state index contributed by atoms with van der Waals surface area (Å²) in [4.78, 5) is 23.9. The van der Waals surface area contributed by atoms with Gasteiger partial charge in [-0.15, -0.1) is 0 Å². The van der Waals surface area contributed by atoms with Crippen molar-refractivity contribution in [2.45, 2.75) is 33.6 Å². The van der Waals surface area contributed by atoms with Crippen molar-refractivity contribution in [3.63, 3.8) is 0 Å². The first kappa shape index (κ1) is 22.8. The van der Waals surface area contributed by atoms with Crippen molar-refractivity contribution in [3.05, 3.63) is 52.9 Å². The molecule has 0 radical (unpaired) electrons. The molecule has 30 heavy (non-hydrogen) atoms. The summed E-state index contributed by atoms with van der Waals surface area (Å²) in [7, 11) is 1.62. The van der Waals surface area contributed by atoms with E-state index in [0.717, 1.165) is 34.8 Å². The summed E-state index contributed by atoms with van der Waals surface area (Å²) in [5, 5.41) is 12.0. The van der Waals surface area contributed by atoms with Crippen LogP contribution in [0.3, 0.4) is 0 Å². The van der Waals surface area contributed by atoms with Crippen LogP contribution in [-0.2, 0) is 14.3 Å². The van der Waals surface area contributed by atoms with Gasteiger partial charge in [-0.1, -0.05) is 6.92 Å². The summed E-state index contributed by atoms with van der Waals surface area (Å²) >= 11 is 0. The molecule has 0 spiro atoms. The van der Waals surface area contributed by atoms with Crippen LogP contribution in [0.15, 0.2) is 35.9 Å². The van der Waals surface area contributed by atoms with E-state index >= 15 is 0 Å². The Labute approximate surface area is 176 Å². The number of carbonyl (C=O) groups is 2. The third-order valence-corrected chi connectivity index (χ3v) is 4.55. The number of methoxy groups -OCH3 is 1. The Morgan fingerprint density at radius 3 is 2.53 bits per heavy atom. The highest BCUT2D eigenvalue weighted by atomic mass is 16.5. The van der Waals surface area contributed by atoms with Crippen LogP contribution in [0.1, 0.15) is 36.7 Å². The van der Waals surface area contributed by atoms with Crippen LogP contribution < -0.4 is 10.1 Å². The van der Waals surface area contributed by atoms with Crippen molar-refractivity contribution >= 4 is 18.0 Å². The molecule has 1 aromatic carbocycles. The molecular weight excluding hydrogens is 382 g/mol. The summed E-state index contributed by atoms with van der Waals surface area (Å²) in [6.07, 6.45) is 2.37. The van der Waals surface area contributed by atoms with E-state index < -0.39 is 5.91 Å². The molecule has 158 valence electrons. The van der Waals surface area contributed by atoms with E-state index in [1.807, 2.05) is 61.7 Å². The van der Waals surface area contributed by atoms with Gasteiger partial charge in [-0.05, 0) is 62.2 Å². The van der Waals surface area contributed by atoms with Gasteiger partial charge in [0.1, 0.15) is 17.4 Å². The lowest BCUT2D eigenvalue weighted by molar-refractivity contribution is -0.143. The Morgan fingerprint density at radius 1 is 1.23 bits per heavy atom. The second-order valence-electron chi connectivity index (χ2n) is 6.76. The van der Waals surface area contributed by atoms with E-state index in [1.165, 1.54) is 0 Å². The van der Waals surface area contributed by atoms with Gasteiger partial charge in [0, 0.05) is 23.6 Å². The van der Waals surface area contributed by atoms with Crippen LogP contribution >= 0.6 is 0 Å². The average molecular weight is 409 g/mol. The standard InChI is InChI=1S/C23H27N3O4/c1-5-12-30-22(27)10-11-25-23(28)19(15-24)14-18-13-16(2)26(17(18)3)20-6-8-21(29-4)9-7-20/h6-9,13-14H,5,10-12H2,1-4H3,(H,25,28)/b19-14-. The summed E-state index contributed by atoms with van der Waals surface area (Å²) in [5.41, 5.74) is 3.59. The SMILES string of the molecule is CCCOC(=O)CCNC(=O)/C(C#N)=C\c1cc(C)n(-c2ccc(OC)cc2)c1C. The topological polar surface area (TPSA) is 93.4 Å². The highest BCUT2D eigenvalue weighted by Gasteiger charge is 2.14. The molecular formula is C23H27N3O4. The van der Waals surface area contributed by atoms with Crippen molar-refractivity contribution in [3.8, 4) is 17.5 Å². The second kappa shape index (κ2) is 10.9. The quantitative estimate of drug-likeness (QED) is 0.389. The molecule has 0 aliphatic heterocycles. The number of esters is 1. The van der Waals surface area contributed by atoms with Gasteiger partial charge in [-0.2, -0.15) is 5.26 Å². The summed E-state index contributed by atoms with van der Waals surface area (Å²) < 4.78 is 12.2. The minimum Gasteiger partial charge on any atom is -0.497 e. The first-order valence-corrected chi connectivity index (χ1v) is 9.80. The number of ether oxygens (including phenoxy) is 2. The monoisotopic (exact) mass is 409 g/mol. The van der Waals surface area contributed by atoms with Gasteiger partial charge in [0.15, 0.2) is 0 Å². The van der Waals surface area contributed by atoms with E-state index in [2.05, 4.69) is 5.32 Å². The van der Waals surface area contributed by atoms with E-state index in [9.17, 15) is 14.9 Å². The molecule has 1 aromatic heterocycles. The highest BCUT2D eigenvalue weighted by molar-refractivity contribution is 6.02. The molecule has 0 aliphatic carbocycles. The lowest BCUT2D eigenvalue weighted by Gasteiger charge is -2.10. The molecule has 2 rings (SSSR count). The summed E-state index contributed by atoms with van der Waals surface area (Å²) in [6, 6.07) is 11.5. The number of nitrogens with zero attached hydrogens (tertiary/aromatic N) is 2. The molecule has 7 nitrogen and oxygen atoms in total. The van der Waals surface area contributed by atoms with Crippen molar-refractivity contribution in [2.24, 2.45) is 0 Å². The number of benzene rings is 1. The predicted molar refractivity (Wildman–Crippen MR) is 114 cm³/mol. The Hall–Kier alpha value is -3.53. The molecule has 1 amide bonds. The summed E-state index contributed by atoms with van der Waals surface area (Å²) in [6.45, 7) is 6.28. The first-order valence-electron chi connectivity index (χ1n) is 9.80. The Balaban J connectivity index is 2.14. The van der Waals surface area contributed by atoms with Crippen LogP contribution in [0.5, 0.6) is 5.75 Å². The number of hydrogen-bond acceptors (Lipinski definition) is 5. The maximum absolute atomic E-state index is 12.3. The number of aromatic nitrogens is 1. The number of nitrogens with one attached hydrogen (secondary N) is 1. The molecule has 0 aliphatic rings. The minimum atomic E-state index is -0.518. The molecule has 0 saturated carbocycles. The third-order valence-electron chi connectivity index (χ3n) is 4.55. The normalized spacial score (nSPS) is 11.0. The molecule has 2 aromatic rings. The molecule has 1 N–H and O–H groups in total. The van der Waals surface area contributed by atoms with E-state index in [0.29, 0.717) is 6.61 Å². The fourth-order valence-corrected chi connectivity index (χ4v) is 3.03. The van der Waals surface area contributed by atoms with Crippen LogP contribution in [0, 0.1) is 25.2 Å². The number of rotatable bonds is 9. The molecule has 0 bridgehead atoms. The van der Waals surface area contributed by atoms with E-state index in [1.54, 1.807) is 13.2 Å². The number of carbonyl (C=O) groups excluding carboxylic acids is 2. The molecule has 0 atom stereocenters. The lowest BCUT2D eigenvalue weighted by Crippen LogP contribution is -2.27. The van der Waals surface area contributed by atoms with E-state index in [-0.39, 0.29) is 24.5 Å². The average Bonchev–Trinajstić information content (AvgIpc) is 3.03. The Bertz CT molecular complexity index is 966. The third kappa shape index (κ3) is 5.74. The van der Waals surface area contributed by atoms with Gasteiger partial charge in [0.2, 0.25) is 0 Å². The van der Waals surface area contributed by atoms with Gasteiger partial charge in [-0.25, -0.2) is 0 Å². The van der Waals surface area contributed by atoms with E-state index in [4.69, 9.17) is 9.47 Å². The van der Waals surface area contributed by atoms with Crippen LogP contribution in [0.4, 0.5) is 0 Å². The molecule has 0 unspecified atom stereocenters. The van der Waals surface area contributed by atoms with Crippen molar-refractivity contribution in [1.29, 1.82) is 5.26 Å². The number of nitriles is 1. The van der Waals surface area contributed by atoms with Gasteiger partial charge in [0.25, 0.3) is 5.91 Å². The summed E-state index contributed by atoms with van der Waals surface area (Å²) in [5.74, 6) is -0.124. The highest BCUT2D eigenvalue weighted by Crippen LogP contribution is 2.24. The molecule has 0 fully saturated rings. The van der Waals surface area contributed by atoms with Gasteiger partial charge >= 0.3 is 5.97 Å². The minimum absolute atomic E-state index is 0.0214. The number of aryl methyl sites for hydroxylation is 1. The molecule has 7 heteroatoms. The Morgan fingerprint density at radius 2 is 1.93 bits per heavy atom. The van der Waals surface area contributed by atoms with Crippen molar-refractivity contribution < 1.29 is 19.1 Å².